The number of fused-ring (bicyclic) bond motifs is 4. The van der Waals surface area contributed by atoms with E-state index in [1.54, 1.807) is 0 Å². The number of hydrogen-bond donors (Lipinski definition) is 2. The summed E-state index contributed by atoms with van der Waals surface area (Å²) < 4.78 is 11.7. The number of anilines is 1. The van der Waals surface area contributed by atoms with Crippen LogP contribution in [0.4, 0.5) is 5.69 Å². The second-order valence-electron chi connectivity index (χ2n) is 12.6. The number of methoxy groups -OCH3 is 2. The summed E-state index contributed by atoms with van der Waals surface area (Å²) in [5, 5.41) is 11.7. The fraction of sp³-hybridized carbons (Fsp3) is 0.333. The molecule has 2 heterocycles. The summed E-state index contributed by atoms with van der Waals surface area (Å²) in [6.07, 6.45) is 2.47. The number of nitrogens with one attached hydrogen (secondary N) is 1. The van der Waals surface area contributed by atoms with E-state index in [4.69, 9.17) is 9.47 Å². The molecule has 3 aromatic carbocycles. The molecule has 236 valence electrons. The van der Waals surface area contributed by atoms with Crippen molar-refractivity contribution in [2.45, 2.75) is 31.1 Å². The first-order valence-corrected chi connectivity index (χ1v) is 15.4. The zero-order valence-electron chi connectivity index (χ0n) is 26.0. The molecular formula is C36H35N3O7. The number of likely N-dealkylation sites (tertiary alicyclic amines) is 1. The number of ether oxygens (including phenoxy) is 2. The molecule has 2 aliphatic carbocycles. The summed E-state index contributed by atoms with van der Waals surface area (Å²) in [5.74, 6) is -4.45. The first-order valence-electron chi connectivity index (χ1n) is 15.4. The van der Waals surface area contributed by atoms with Crippen molar-refractivity contribution in [3.05, 3.63) is 95.1 Å². The first kappa shape index (κ1) is 29.6. The van der Waals surface area contributed by atoms with Crippen molar-refractivity contribution in [3.8, 4) is 17.2 Å². The predicted octanol–water partition coefficient (Wildman–Crippen LogP) is 4.33. The SMILES string of the molecule is COc1cc(O)cc(OC)c1[C@H]1C2=CC[C@@H]3C(=O)N(C)C(=O)[C@@H]3[C@@H]2C[C@H]2C(=O)N(Nc3ccc(C)cc3)C(=O)[C@@]12c1ccccc1. The summed E-state index contributed by atoms with van der Waals surface area (Å²) in [4.78, 5) is 58.0. The molecule has 3 aromatic rings. The number of nitrogens with zero attached hydrogens (tertiary/aromatic N) is 2. The van der Waals surface area contributed by atoms with E-state index in [1.807, 2.05) is 67.6 Å². The average Bonchev–Trinajstić information content (AvgIpc) is 3.42. The van der Waals surface area contributed by atoms with E-state index in [0.717, 1.165) is 16.1 Å². The van der Waals surface area contributed by atoms with E-state index in [2.05, 4.69) is 5.43 Å². The largest absolute Gasteiger partial charge is 0.508 e. The Bertz CT molecular complexity index is 1780. The highest BCUT2D eigenvalue weighted by Gasteiger charge is 2.71. The molecule has 46 heavy (non-hydrogen) atoms. The van der Waals surface area contributed by atoms with E-state index in [1.165, 1.54) is 38.3 Å². The van der Waals surface area contributed by atoms with Gasteiger partial charge < -0.3 is 14.6 Å². The molecule has 0 aromatic heterocycles. The van der Waals surface area contributed by atoms with Crippen LogP contribution in [0.3, 0.4) is 0 Å². The van der Waals surface area contributed by atoms with Crippen molar-refractivity contribution >= 4 is 29.3 Å². The zero-order valence-corrected chi connectivity index (χ0v) is 26.0. The highest BCUT2D eigenvalue weighted by atomic mass is 16.5. The van der Waals surface area contributed by atoms with E-state index >= 15 is 4.79 Å². The topological polar surface area (TPSA) is 125 Å². The summed E-state index contributed by atoms with van der Waals surface area (Å²) in [5.41, 5.74) is 5.08. The van der Waals surface area contributed by atoms with E-state index in [-0.39, 0.29) is 35.5 Å². The second kappa shape index (κ2) is 10.8. The Morgan fingerprint density at radius 3 is 2.15 bits per heavy atom. The number of phenols is 1. The monoisotopic (exact) mass is 621 g/mol. The van der Waals surface area contributed by atoms with Gasteiger partial charge in [-0.25, -0.2) is 0 Å². The van der Waals surface area contributed by atoms with Gasteiger partial charge in [0.15, 0.2) is 0 Å². The van der Waals surface area contributed by atoms with Gasteiger partial charge in [0.05, 0.1) is 43.1 Å². The lowest BCUT2D eigenvalue weighted by atomic mass is 9.49. The standard InChI is InChI=1S/C36H35N3O7/c1-19-10-12-21(13-11-19)37-39-33(42)26-18-25-23(14-15-24-29(25)34(43)38(2)32(24)41)31(30-27(45-3)16-22(40)17-28(30)46-4)36(26,35(39)44)20-8-6-5-7-9-20/h5-14,16-17,24-26,29,31,37,40H,15,18H2,1-4H3/t24-,25+,26-,29-,31+,36+/m0/s1. The molecule has 0 spiro atoms. The molecule has 0 bridgehead atoms. The van der Waals surface area contributed by atoms with E-state index in [9.17, 15) is 19.5 Å². The Morgan fingerprint density at radius 2 is 1.52 bits per heavy atom. The fourth-order valence-electron chi connectivity index (χ4n) is 8.43. The van der Waals surface area contributed by atoms with Gasteiger partial charge >= 0.3 is 0 Å². The minimum absolute atomic E-state index is 0.0949. The molecule has 2 N–H and O–H groups in total. The maximum Gasteiger partial charge on any atom is 0.260 e. The molecular weight excluding hydrogens is 586 g/mol. The van der Waals surface area contributed by atoms with Gasteiger partial charge in [-0.2, -0.15) is 5.01 Å². The number of carbonyl (C=O) groups excluding carboxylic acids is 4. The number of phenolic OH excluding ortho intramolecular Hbond substituents is 1. The van der Waals surface area contributed by atoms with Gasteiger partial charge in [-0.05, 0) is 43.4 Å². The number of rotatable bonds is 6. The third-order valence-electron chi connectivity index (χ3n) is 10.4. The lowest BCUT2D eigenvalue weighted by molar-refractivity contribution is -0.140. The molecule has 2 saturated heterocycles. The van der Waals surface area contributed by atoms with Gasteiger partial charge in [-0.3, -0.25) is 29.5 Å². The third kappa shape index (κ3) is 4.01. The molecule has 4 aliphatic rings. The number of hydrogen-bond acceptors (Lipinski definition) is 8. The van der Waals surface area contributed by atoms with Crippen LogP contribution < -0.4 is 14.9 Å². The minimum Gasteiger partial charge on any atom is -0.508 e. The highest BCUT2D eigenvalue weighted by Crippen LogP contribution is 2.66. The van der Waals surface area contributed by atoms with Crippen LogP contribution in [-0.2, 0) is 24.6 Å². The van der Waals surface area contributed by atoms with Crippen LogP contribution >= 0.6 is 0 Å². The Kier molecular flexibility index (Phi) is 6.91. The van der Waals surface area contributed by atoms with Crippen LogP contribution in [-0.4, -0.2) is 59.9 Å². The normalized spacial score (nSPS) is 28.4. The first-order chi connectivity index (χ1) is 22.1. The van der Waals surface area contributed by atoms with Crippen molar-refractivity contribution in [3.63, 3.8) is 0 Å². The molecule has 0 radical (unpaired) electrons. The molecule has 2 aliphatic heterocycles. The Morgan fingerprint density at radius 1 is 0.870 bits per heavy atom. The van der Waals surface area contributed by atoms with Gasteiger partial charge in [-0.15, -0.1) is 0 Å². The van der Waals surface area contributed by atoms with Gasteiger partial charge in [0.1, 0.15) is 17.2 Å². The maximum atomic E-state index is 15.2. The van der Waals surface area contributed by atoms with Crippen molar-refractivity contribution in [1.29, 1.82) is 0 Å². The number of aromatic hydroxyl groups is 1. The average molecular weight is 622 g/mol. The number of allylic oxidation sites excluding steroid dienone is 2. The maximum absolute atomic E-state index is 15.2. The summed E-state index contributed by atoms with van der Waals surface area (Å²) in [7, 11) is 4.44. The Balaban J connectivity index is 1.52. The summed E-state index contributed by atoms with van der Waals surface area (Å²) in [6.45, 7) is 1.95. The number of aryl methyl sites for hydroxylation is 1. The number of imide groups is 2. The highest BCUT2D eigenvalue weighted by molar-refractivity contribution is 6.13. The molecule has 6 atom stereocenters. The fourth-order valence-corrected chi connectivity index (χ4v) is 8.43. The van der Waals surface area contributed by atoms with Gasteiger partial charge in [0, 0.05) is 30.7 Å². The molecule has 10 nitrogen and oxygen atoms in total. The molecule has 4 amide bonds. The van der Waals surface area contributed by atoms with Gasteiger partial charge in [0.2, 0.25) is 11.8 Å². The number of amides is 4. The number of carbonyl (C=O) groups is 4. The lowest BCUT2D eigenvalue weighted by Crippen LogP contribution is -2.53. The summed E-state index contributed by atoms with van der Waals surface area (Å²) >= 11 is 0. The van der Waals surface area contributed by atoms with Crippen molar-refractivity contribution in [1.82, 2.24) is 9.91 Å². The summed E-state index contributed by atoms with van der Waals surface area (Å²) in [6, 6.07) is 19.5. The Hall–Kier alpha value is -5.12. The molecule has 0 unspecified atom stereocenters. The zero-order chi connectivity index (χ0) is 32.5. The third-order valence-corrected chi connectivity index (χ3v) is 10.4. The molecule has 1 saturated carbocycles. The van der Waals surface area contributed by atoms with Crippen molar-refractivity contribution in [2.75, 3.05) is 26.7 Å². The van der Waals surface area contributed by atoms with Crippen LogP contribution in [0.1, 0.15) is 35.4 Å². The predicted molar refractivity (Wildman–Crippen MR) is 168 cm³/mol. The van der Waals surface area contributed by atoms with E-state index < -0.39 is 46.8 Å². The van der Waals surface area contributed by atoms with Crippen molar-refractivity contribution < 1.29 is 33.8 Å². The second-order valence-corrected chi connectivity index (χ2v) is 12.6. The van der Waals surface area contributed by atoms with Gasteiger partial charge in [0.25, 0.3) is 11.8 Å². The van der Waals surface area contributed by atoms with Crippen LogP contribution in [0.5, 0.6) is 17.2 Å². The van der Waals surface area contributed by atoms with Crippen LogP contribution in [0.25, 0.3) is 0 Å². The minimum atomic E-state index is -1.49. The number of hydrazine groups is 1. The van der Waals surface area contributed by atoms with Crippen LogP contribution in [0, 0.1) is 30.6 Å². The van der Waals surface area contributed by atoms with Gasteiger partial charge in [-0.1, -0.05) is 59.7 Å². The smallest absolute Gasteiger partial charge is 0.260 e. The quantitative estimate of drug-likeness (QED) is 0.308. The molecule has 10 heteroatoms. The Labute approximate surface area is 266 Å². The lowest BCUT2D eigenvalue weighted by Gasteiger charge is -2.51. The van der Waals surface area contributed by atoms with Crippen molar-refractivity contribution in [2.24, 2.45) is 23.7 Å². The number of benzene rings is 3. The molecule has 3 fully saturated rings. The van der Waals surface area contributed by atoms with Crippen LogP contribution in [0.2, 0.25) is 0 Å². The molecule has 7 rings (SSSR count). The van der Waals surface area contributed by atoms with Crippen LogP contribution in [0.15, 0.2) is 78.4 Å². The van der Waals surface area contributed by atoms with E-state index in [0.29, 0.717) is 23.2 Å².